The number of carbonyl (C=O) groups is 1. The quantitative estimate of drug-likeness (QED) is 0.743. The molecule has 2 aliphatic carbocycles. The van der Waals surface area contributed by atoms with Gasteiger partial charge in [-0.25, -0.2) is 0 Å². The second-order valence-electron chi connectivity index (χ2n) is 5.02. The monoisotopic (exact) mass is 210 g/mol. The molecule has 86 valence electrons. The largest absolute Gasteiger partial charge is 0.342 e. The molecule has 0 atom stereocenters. The predicted octanol–water partition coefficient (Wildman–Crippen LogP) is 1.39. The van der Waals surface area contributed by atoms with Crippen molar-refractivity contribution in [1.29, 1.82) is 0 Å². The number of hydrogen-bond acceptors (Lipinski definition) is 2. The minimum absolute atomic E-state index is 0.260. The van der Waals surface area contributed by atoms with Crippen LogP contribution < -0.4 is 5.32 Å². The lowest BCUT2D eigenvalue weighted by atomic mass is 10.1. The fourth-order valence-electron chi connectivity index (χ4n) is 2.39. The summed E-state index contributed by atoms with van der Waals surface area (Å²) in [6.45, 7) is 1.56. The highest BCUT2D eigenvalue weighted by molar-refractivity contribution is 5.78. The van der Waals surface area contributed by atoms with Gasteiger partial charge < -0.3 is 10.2 Å². The number of nitrogens with zero attached hydrogens (tertiary/aromatic N) is 1. The molecule has 2 fully saturated rings. The van der Waals surface area contributed by atoms with Gasteiger partial charge in [0, 0.05) is 13.1 Å². The minimum atomic E-state index is 0.260. The van der Waals surface area contributed by atoms with Crippen LogP contribution in [-0.2, 0) is 4.79 Å². The van der Waals surface area contributed by atoms with Gasteiger partial charge in [-0.2, -0.15) is 0 Å². The molecule has 0 aromatic rings. The van der Waals surface area contributed by atoms with Crippen molar-refractivity contribution in [3.63, 3.8) is 0 Å². The van der Waals surface area contributed by atoms with Crippen molar-refractivity contribution in [2.75, 3.05) is 20.1 Å². The summed E-state index contributed by atoms with van der Waals surface area (Å²) < 4.78 is 0. The Morgan fingerprint density at radius 3 is 2.53 bits per heavy atom. The Balaban J connectivity index is 1.58. The van der Waals surface area contributed by atoms with E-state index in [1.807, 2.05) is 11.9 Å². The van der Waals surface area contributed by atoms with Crippen molar-refractivity contribution in [1.82, 2.24) is 10.2 Å². The smallest absolute Gasteiger partial charge is 0.236 e. The average molecular weight is 210 g/mol. The zero-order valence-electron chi connectivity index (χ0n) is 9.67. The lowest BCUT2D eigenvalue weighted by Gasteiger charge is -2.17. The SMILES string of the molecule is CN(C(=O)CNCC1CCCC1)C1CC1. The first-order valence-electron chi connectivity index (χ1n) is 6.24. The van der Waals surface area contributed by atoms with Crippen LogP contribution in [0.15, 0.2) is 0 Å². The van der Waals surface area contributed by atoms with Gasteiger partial charge in [-0.15, -0.1) is 0 Å². The molecule has 0 aromatic heterocycles. The molecule has 0 aromatic carbocycles. The summed E-state index contributed by atoms with van der Waals surface area (Å²) in [5.74, 6) is 1.08. The summed E-state index contributed by atoms with van der Waals surface area (Å²) in [6, 6.07) is 0.547. The van der Waals surface area contributed by atoms with Gasteiger partial charge in [0.1, 0.15) is 0 Å². The van der Waals surface area contributed by atoms with Crippen molar-refractivity contribution in [3.8, 4) is 0 Å². The number of rotatable bonds is 5. The third-order valence-corrected chi connectivity index (χ3v) is 3.67. The zero-order valence-corrected chi connectivity index (χ0v) is 9.67. The Morgan fingerprint density at radius 1 is 1.27 bits per heavy atom. The molecule has 2 aliphatic rings. The van der Waals surface area contributed by atoms with E-state index in [2.05, 4.69) is 5.32 Å². The molecular weight excluding hydrogens is 188 g/mol. The Labute approximate surface area is 92.2 Å². The van der Waals surface area contributed by atoms with E-state index < -0.39 is 0 Å². The van der Waals surface area contributed by atoms with E-state index in [-0.39, 0.29) is 5.91 Å². The molecule has 0 bridgehead atoms. The molecule has 0 aliphatic heterocycles. The van der Waals surface area contributed by atoms with Crippen LogP contribution in [0.1, 0.15) is 38.5 Å². The maximum Gasteiger partial charge on any atom is 0.236 e. The molecule has 3 heteroatoms. The van der Waals surface area contributed by atoms with Gasteiger partial charge >= 0.3 is 0 Å². The molecule has 2 rings (SSSR count). The Hall–Kier alpha value is -0.570. The maximum absolute atomic E-state index is 11.7. The van der Waals surface area contributed by atoms with Gasteiger partial charge in [0.05, 0.1) is 6.54 Å². The number of nitrogens with one attached hydrogen (secondary N) is 1. The third kappa shape index (κ3) is 3.20. The lowest BCUT2D eigenvalue weighted by Crippen LogP contribution is -2.38. The second-order valence-corrected chi connectivity index (χ2v) is 5.02. The summed E-state index contributed by atoms with van der Waals surface area (Å²) >= 11 is 0. The fraction of sp³-hybridized carbons (Fsp3) is 0.917. The molecule has 0 radical (unpaired) electrons. The zero-order chi connectivity index (χ0) is 10.7. The Morgan fingerprint density at radius 2 is 1.93 bits per heavy atom. The highest BCUT2D eigenvalue weighted by Gasteiger charge is 2.29. The first-order valence-corrected chi connectivity index (χ1v) is 6.24. The van der Waals surface area contributed by atoms with Crippen LogP contribution in [0.5, 0.6) is 0 Å². The Bertz CT molecular complexity index is 220. The van der Waals surface area contributed by atoms with Crippen molar-refractivity contribution >= 4 is 5.91 Å². The Kier molecular flexibility index (Phi) is 3.62. The van der Waals surface area contributed by atoms with E-state index in [9.17, 15) is 4.79 Å². The second kappa shape index (κ2) is 4.97. The number of likely N-dealkylation sites (N-methyl/N-ethyl adjacent to an activating group) is 1. The van der Waals surface area contributed by atoms with E-state index >= 15 is 0 Å². The number of carbonyl (C=O) groups excluding carboxylic acids is 1. The van der Waals surface area contributed by atoms with Crippen LogP contribution in [0, 0.1) is 5.92 Å². The highest BCUT2D eigenvalue weighted by Crippen LogP contribution is 2.25. The van der Waals surface area contributed by atoms with Gasteiger partial charge in [0.25, 0.3) is 0 Å². The summed E-state index contributed by atoms with van der Waals surface area (Å²) in [5.41, 5.74) is 0. The summed E-state index contributed by atoms with van der Waals surface area (Å²) in [7, 11) is 1.93. The predicted molar refractivity (Wildman–Crippen MR) is 60.6 cm³/mol. The molecule has 0 heterocycles. The van der Waals surface area contributed by atoms with Crippen LogP contribution in [-0.4, -0.2) is 37.0 Å². The van der Waals surface area contributed by atoms with E-state index in [1.165, 1.54) is 38.5 Å². The van der Waals surface area contributed by atoms with Gasteiger partial charge in [-0.1, -0.05) is 12.8 Å². The van der Waals surface area contributed by atoms with Crippen molar-refractivity contribution in [2.45, 2.75) is 44.6 Å². The summed E-state index contributed by atoms with van der Waals surface area (Å²) in [5, 5.41) is 3.30. The van der Waals surface area contributed by atoms with E-state index in [1.54, 1.807) is 0 Å². The van der Waals surface area contributed by atoms with Crippen LogP contribution in [0.3, 0.4) is 0 Å². The summed E-state index contributed by atoms with van der Waals surface area (Å²) in [4.78, 5) is 13.6. The molecule has 1 amide bonds. The van der Waals surface area contributed by atoms with Gasteiger partial charge in [-0.05, 0) is 38.1 Å². The maximum atomic E-state index is 11.7. The van der Waals surface area contributed by atoms with Gasteiger partial charge in [-0.3, -0.25) is 4.79 Å². The lowest BCUT2D eigenvalue weighted by molar-refractivity contribution is -0.129. The first kappa shape index (κ1) is 10.9. The molecule has 0 unspecified atom stereocenters. The van der Waals surface area contributed by atoms with Crippen LogP contribution in [0.2, 0.25) is 0 Å². The van der Waals surface area contributed by atoms with Crippen LogP contribution in [0.25, 0.3) is 0 Å². The van der Waals surface area contributed by atoms with E-state index in [0.717, 1.165) is 12.5 Å². The normalized spacial score (nSPS) is 21.9. The minimum Gasteiger partial charge on any atom is -0.342 e. The van der Waals surface area contributed by atoms with Crippen molar-refractivity contribution in [2.24, 2.45) is 5.92 Å². The van der Waals surface area contributed by atoms with Crippen molar-refractivity contribution in [3.05, 3.63) is 0 Å². The molecular formula is C12H22N2O. The highest BCUT2D eigenvalue weighted by atomic mass is 16.2. The van der Waals surface area contributed by atoms with Gasteiger partial charge in [0.15, 0.2) is 0 Å². The molecule has 15 heavy (non-hydrogen) atoms. The average Bonchev–Trinajstić information content (AvgIpc) is 2.96. The number of hydrogen-bond donors (Lipinski definition) is 1. The fourth-order valence-corrected chi connectivity index (χ4v) is 2.39. The molecule has 3 nitrogen and oxygen atoms in total. The first-order chi connectivity index (χ1) is 7.27. The van der Waals surface area contributed by atoms with Crippen molar-refractivity contribution < 1.29 is 4.79 Å². The standard InChI is InChI=1S/C12H22N2O/c1-14(11-6-7-11)12(15)9-13-8-10-4-2-3-5-10/h10-11,13H,2-9H2,1H3. The molecule has 0 spiro atoms. The van der Waals surface area contributed by atoms with Crippen LogP contribution >= 0.6 is 0 Å². The van der Waals surface area contributed by atoms with E-state index in [4.69, 9.17) is 0 Å². The summed E-state index contributed by atoms with van der Waals surface area (Å²) in [6.07, 6.45) is 7.85. The van der Waals surface area contributed by atoms with E-state index in [0.29, 0.717) is 12.6 Å². The molecule has 1 N–H and O–H groups in total. The van der Waals surface area contributed by atoms with Crippen LogP contribution in [0.4, 0.5) is 0 Å². The van der Waals surface area contributed by atoms with Gasteiger partial charge in [0.2, 0.25) is 5.91 Å². The number of amides is 1. The topological polar surface area (TPSA) is 32.3 Å². The third-order valence-electron chi connectivity index (χ3n) is 3.67. The molecule has 2 saturated carbocycles. The molecule has 0 saturated heterocycles.